The number of carbonyl (C=O) groups is 3. The second-order valence-electron chi connectivity index (χ2n) is 5.45. The fourth-order valence-corrected chi connectivity index (χ4v) is 2.42. The van der Waals surface area contributed by atoms with Crippen LogP contribution in [0.4, 0.5) is 10.1 Å². The molecule has 0 aliphatic heterocycles. The third-order valence-corrected chi connectivity index (χ3v) is 3.60. The summed E-state index contributed by atoms with van der Waals surface area (Å²) in [6, 6.07) is 5.64. The van der Waals surface area contributed by atoms with Crippen LogP contribution in [0.1, 0.15) is 39.0 Å². The zero-order valence-electron chi connectivity index (χ0n) is 14.6. The summed E-state index contributed by atoms with van der Waals surface area (Å²) in [6.07, 6.45) is 0. The first-order valence-electron chi connectivity index (χ1n) is 7.92. The summed E-state index contributed by atoms with van der Waals surface area (Å²) in [5, 5.41) is 2.31. The Bertz CT molecular complexity index is 844. The van der Waals surface area contributed by atoms with Crippen LogP contribution in [0.2, 0.25) is 0 Å². The molecule has 0 radical (unpaired) electrons. The highest BCUT2D eigenvalue weighted by molar-refractivity contribution is 5.99. The number of hydrogen-bond donors (Lipinski definition) is 2. The van der Waals surface area contributed by atoms with Crippen LogP contribution in [-0.2, 0) is 14.3 Å². The minimum atomic E-state index is -0.801. The van der Waals surface area contributed by atoms with E-state index in [1.807, 2.05) is 0 Å². The molecule has 7 nitrogen and oxygen atoms in total. The first kappa shape index (κ1) is 19.2. The van der Waals surface area contributed by atoms with Gasteiger partial charge in [-0.1, -0.05) is 12.1 Å². The lowest BCUT2D eigenvalue weighted by atomic mass is 10.1. The van der Waals surface area contributed by atoms with Crippen LogP contribution in [0.5, 0.6) is 0 Å². The van der Waals surface area contributed by atoms with E-state index < -0.39 is 30.3 Å². The minimum Gasteiger partial charge on any atom is -0.462 e. The lowest BCUT2D eigenvalue weighted by molar-refractivity contribution is -0.119. The van der Waals surface area contributed by atoms with E-state index in [0.717, 1.165) is 0 Å². The number of nitrogens with one attached hydrogen (secondary N) is 2. The number of amides is 1. The molecule has 0 bridgehead atoms. The third kappa shape index (κ3) is 4.27. The largest absolute Gasteiger partial charge is 0.462 e. The van der Waals surface area contributed by atoms with E-state index in [-0.39, 0.29) is 23.6 Å². The lowest BCUT2D eigenvalue weighted by Gasteiger charge is -2.07. The molecule has 0 spiro atoms. The lowest BCUT2D eigenvalue weighted by Crippen LogP contribution is -2.22. The Kier molecular flexibility index (Phi) is 6.11. The molecule has 0 aliphatic rings. The van der Waals surface area contributed by atoms with Gasteiger partial charge in [-0.15, -0.1) is 0 Å². The van der Waals surface area contributed by atoms with E-state index in [1.54, 1.807) is 26.8 Å². The Balaban J connectivity index is 2.02. The number of H-pyrrole nitrogens is 1. The van der Waals surface area contributed by atoms with Crippen molar-refractivity contribution in [2.24, 2.45) is 0 Å². The van der Waals surface area contributed by atoms with E-state index in [0.29, 0.717) is 11.3 Å². The predicted molar refractivity (Wildman–Crippen MR) is 91.5 cm³/mol. The van der Waals surface area contributed by atoms with Crippen molar-refractivity contribution in [3.8, 4) is 0 Å². The molecule has 0 saturated carbocycles. The van der Waals surface area contributed by atoms with Gasteiger partial charge in [-0.05, 0) is 38.5 Å². The van der Waals surface area contributed by atoms with Crippen LogP contribution < -0.4 is 5.32 Å². The predicted octanol–water partition coefficient (Wildman–Crippen LogP) is 2.74. The molecular formula is C18H19FN2O5. The number of para-hydroxylation sites is 1. The maximum atomic E-state index is 13.5. The van der Waals surface area contributed by atoms with Gasteiger partial charge in [0.25, 0.3) is 5.91 Å². The molecule has 0 aliphatic carbocycles. The second kappa shape index (κ2) is 8.28. The monoisotopic (exact) mass is 362 g/mol. The summed E-state index contributed by atoms with van der Waals surface area (Å²) in [7, 11) is 0. The summed E-state index contributed by atoms with van der Waals surface area (Å²) in [5.74, 6) is -2.63. The number of anilines is 1. The number of aryl methyl sites for hydroxylation is 1. The Morgan fingerprint density at radius 3 is 2.46 bits per heavy atom. The van der Waals surface area contributed by atoms with Gasteiger partial charge in [-0.25, -0.2) is 14.0 Å². The molecule has 138 valence electrons. The molecule has 2 aromatic rings. The Morgan fingerprint density at radius 1 is 1.12 bits per heavy atom. The number of ether oxygens (including phenoxy) is 2. The number of aromatic nitrogens is 1. The topological polar surface area (TPSA) is 97.5 Å². The third-order valence-electron chi connectivity index (χ3n) is 3.60. The highest BCUT2D eigenvalue weighted by Crippen LogP contribution is 2.20. The van der Waals surface area contributed by atoms with Gasteiger partial charge in [0.2, 0.25) is 0 Å². The van der Waals surface area contributed by atoms with E-state index in [4.69, 9.17) is 9.47 Å². The number of rotatable bonds is 6. The van der Waals surface area contributed by atoms with Gasteiger partial charge < -0.3 is 19.8 Å². The normalized spacial score (nSPS) is 10.3. The molecule has 0 atom stereocenters. The van der Waals surface area contributed by atoms with Crippen molar-refractivity contribution in [3.05, 3.63) is 52.6 Å². The number of esters is 2. The molecule has 1 amide bonds. The average molecular weight is 362 g/mol. The Hall–Kier alpha value is -3.16. The van der Waals surface area contributed by atoms with Gasteiger partial charge in [0.15, 0.2) is 6.61 Å². The molecule has 2 rings (SSSR count). The van der Waals surface area contributed by atoms with Gasteiger partial charge in [0.05, 0.1) is 17.9 Å². The van der Waals surface area contributed by atoms with Crippen molar-refractivity contribution in [2.75, 3.05) is 18.5 Å². The van der Waals surface area contributed by atoms with Crippen molar-refractivity contribution in [2.45, 2.75) is 20.8 Å². The summed E-state index contributed by atoms with van der Waals surface area (Å²) < 4.78 is 23.4. The molecule has 8 heteroatoms. The molecular weight excluding hydrogens is 343 g/mol. The molecule has 26 heavy (non-hydrogen) atoms. The van der Waals surface area contributed by atoms with Gasteiger partial charge in [-0.3, -0.25) is 4.79 Å². The van der Waals surface area contributed by atoms with Crippen molar-refractivity contribution < 1.29 is 28.2 Å². The highest BCUT2D eigenvalue weighted by atomic mass is 19.1. The standard InChI is InChI=1S/C18H19FN2O5/c1-4-25-17(23)15-10(2)16(20-11(15)3)18(24)26-9-14(22)21-13-8-6-5-7-12(13)19/h5-8,20H,4,9H2,1-3H3,(H,21,22). The molecule has 2 N–H and O–H groups in total. The van der Waals surface area contributed by atoms with Crippen LogP contribution in [0.25, 0.3) is 0 Å². The van der Waals surface area contributed by atoms with Crippen LogP contribution >= 0.6 is 0 Å². The zero-order chi connectivity index (χ0) is 19.3. The van der Waals surface area contributed by atoms with Gasteiger partial charge in [0, 0.05) is 5.69 Å². The maximum Gasteiger partial charge on any atom is 0.355 e. The molecule has 0 fully saturated rings. The fourth-order valence-electron chi connectivity index (χ4n) is 2.42. The average Bonchev–Trinajstić information content (AvgIpc) is 2.89. The SMILES string of the molecule is CCOC(=O)c1c(C)[nH]c(C(=O)OCC(=O)Nc2ccccc2F)c1C. The summed E-state index contributed by atoms with van der Waals surface area (Å²) in [5.41, 5.74) is 1.15. The molecule has 1 aromatic heterocycles. The number of halogens is 1. The van der Waals surface area contributed by atoms with Crippen molar-refractivity contribution >= 4 is 23.5 Å². The highest BCUT2D eigenvalue weighted by Gasteiger charge is 2.24. The number of aromatic amines is 1. The number of benzene rings is 1. The fraction of sp³-hybridized carbons (Fsp3) is 0.278. The first-order chi connectivity index (χ1) is 12.3. The van der Waals surface area contributed by atoms with Crippen LogP contribution in [0.3, 0.4) is 0 Å². The van der Waals surface area contributed by atoms with E-state index in [1.165, 1.54) is 18.2 Å². The zero-order valence-corrected chi connectivity index (χ0v) is 14.6. The van der Waals surface area contributed by atoms with Crippen molar-refractivity contribution in [3.63, 3.8) is 0 Å². The van der Waals surface area contributed by atoms with Gasteiger partial charge >= 0.3 is 11.9 Å². The summed E-state index contributed by atoms with van der Waals surface area (Å²) >= 11 is 0. The quantitative estimate of drug-likeness (QED) is 0.770. The van der Waals surface area contributed by atoms with Crippen LogP contribution in [0.15, 0.2) is 24.3 Å². The second-order valence-corrected chi connectivity index (χ2v) is 5.45. The van der Waals surface area contributed by atoms with E-state index in [9.17, 15) is 18.8 Å². The first-order valence-corrected chi connectivity index (χ1v) is 7.92. The van der Waals surface area contributed by atoms with E-state index in [2.05, 4.69) is 10.3 Å². The van der Waals surface area contributed by atoms with E-state index >= 15 is 0 Å². The smallest absolute Gasteiger partial charge is 0.355 e. The Morgan fingerprint density at radius 2 is 1.81 bits per heavy atom. The van der Waals surface area contributed by atoms with Crippen LogP contribution in [-0.4, -0.2) is 36.0 Å². The summed E-state index contributed by atoms with van der Waals surface area (Å²) in [4.78, 5) is 38.7. The molecule has 0 saturated heterocycles. The Labute approximate surface area is 149 Å². The van der Waals surface area contributed by atoms with Gasteiger partial charge in [-0.2, -0.15) is 0 Å². The number of carbonyl (C=O) groups excluding carboxylic acids is 3. The maximum absolute atomic E-state index is 13.5. The number of hydrogen-bond acceptors (Lipinski definition) is 5. The minimum absolute atomic E-state index is 0.00922. The molecule has 0 unspecified atom stereocenters. The summed E-state index contributed by atoms with van der Waals surface area (Å²) in [6.45, 7) is 4.49. The molecule has 1 heterocycles. The van der Waals surface area contributed by atoms with Gasteiger partial charge in [0.1, 0.15) is 11.5 Å². The van der Waals surface area contributed by atoms with Crippen molar-refractivity contribution in [1.82, 2.24) is 4.98 Å². The van der Waals surface area contributed by atoms with Crippen molar-refractivity contribution in [1.29, 1.82) is 0 Å². The van der Waals surface area contributed by atoms with Crippen LogP contribution in [0, 0.1) is 19.7 Å². The molecule has 1 aromatic carbocycles.